The highest BCUT2D eigenvalue weighted by atomic mass is 16.5. The molecule has 0 bridgehead atoms. The first-order valence-electron chi connectivity index (χ1n) is 10.9. The molecule has 9 nitrogen and oxygen atoms in total. The lowest BCUT2D eigenvalue weighted by Gasteiger charge is -2.27. The van der Waals surface area contributed by atoms with Crippen molar-refractivity contribution in [1.29, 1.82) is 0 Å². The molecular formula is C23H33N3O6. The molecule has 1 aromatic carbocycles. The topological polar surface area (TPSA) is 134 Å². The first-order chi connectivity index (χ1) is 15.1. The Labute approximate surface area is 188 Å². The lowest BCUT2D eigenvalue weighted by molar-refractivity contribution is -0.141. The summed E-state index contributed by atoms with van der Waals surface area (Å²) in [5.41, 5.74) is 0.156. The summed E-state index contributed by atoms with van der Waals surface area (Å²) in [5.74, 6) is -2.30. The van der Waals surface area contributed by atoms with Crippen molar-refractivity contribution in [3.63, 3.8) is 0 Å². The van der Waals surface area contributed by atoms with E-state index in [1.165, 1.54) is 6.07 Å². The molecule has 0 aliphatic carbocycles. The van der Waals surface area contributed by atoms with Gasteiger partial charge in [-0.05, 0) is 36.8 Å². The summed E-state index contributed by atoms with van der Waals surface area (Å²) in [4.78, 5) is 50.0. The maximum atomic E-state index is 13.0. The van der Waals surface area contributed by atoms with Crippen molar-refractivity contribution in [1.82, 2.24) is 16.0 Å². The number of hydrogen-bond donors (Lipinski definition) is 4. The van der Waals surface area contributed by atoms with E-state index in [0.717, 1.165) is 0 Å². The van der Waals surface area contributed by atoms with E-state index in [1.54, 1.807) is 18.2 Å². The number of aliphatic carboxylic acids is 1. The number of nitrogens with one attached hydrogen (secondary N) is 3. The van der Waals surface area contributed by atoms with Gasteiger partial charge < -0.3 is 25.8 Å². The van der Waals surface area contributed by atoms with Crippen molar-refractivity contribution in [3.8, 4) is 5.75 Å². The van der Waals surface area contributed by atoms with Gasteiger partial charge in [0, 0.05) is 0 Å². The van der Waals surface area contributed by atoms with Crippen molar-refractivity contribution in [3.05, 3.63) is 29.8 Å². The summed E-state index contributed by atoms with van der Waals surface area (Å²) < 4.78 is 5.89. The number of rotatable bonds is 5. The lowest BCUT2D eigenvalue weighted by atomic mass is 10.00. The van der Waals surface area contributed by atoms with Crippen molar-refractivity contribution in [2.24, 2.45) is 11.8 Å². The minimum absolute atomic E-state index is 0.117. The zero-order valence-corrected chi connectivity index (χ0v) is 19.0. The van der Waals surface area contributed by atoms with E-state index in [2.05, 4.69) is 16.0 Å². The van der Waals surface area contributed by atoms with Gasteiger partial charge in [0.15, 0.2) is 0 Å². The van der Waals surface area contributed by atoms with Crippen LogP contribution < -0.4 is 20.7 Å². The Kier molecular flexibility index (Phi) is 9.04. The van der Waals surface area contributed by atoms with E-state index < -0.39 is 36.3 Å². The largest absolute Gasteiger partial charge is 0.491 e. The van der Waals surface area contributed by atoms with Gasteiger partial charge in [-0.2, -0.15) is 0 Å². The highest BCUT2D eigenvalue weighted by Gasteiger charge is 2.30. The van der Waals surface area contributed by atoms with Crippen LogP contribution in [0.5, 0.6) is 5.75 Å². The highest BCUT2D eigenvalue weighted by Crippen LogP contribution is 2.20. The van der Waals surface area contributed by atoms with Gasteiger partial charge in [-0.1, -0.05) is 39.8 Å². The summed E-state index contributed by atoms with van der Waals surface area (Å²) in [6.45, 7) is 8.03. The van der Waals surface area contributed by atoms with Crippen LogP contribution in [0, 0.1) is 11.8 Å². The number of amides is 3. The van der Waals surface area contributed by atoms with Crippen LogP contribution >= 0.6 is 0 Å². The molecule has 0 radical (unpaired) electrons. The van der Waals surface area contributed by atoms with Crippen LogP contribution in [0.1, 0.15) is 57.3 Å². The first-order valence-corrected chi connectivity index (χ1v) is 10.9. The molecule has 1 aliphatic rings. The average molecular weight is 448 g/mol. The van der Waals surface area contributed by atoms with Crippen LogP contribution in [0.3, 0.4) is 0 Å². The molecule has 176 valence electrons. The predicted octanol–water partition coefficient (Wildman–Crippen LogP) is 1.71. The van der Waals surface area contributed by atoms with Crippen molar-refractivity contribution in [2.45, 2.75) is 65.1 Å². The van der Waals surface area contributed by atoms with E-state index in [-0.39, 0.29) is 41.7 Å². The second-order valence-electron chi connectivity index (χ2n) is 8.96. The second-order valence-corrected chi connectivity index (χ2v) is 8.96. The highest BCUT2D eigenvalue weighted by molar-refractivity contribution is 6.00. The zero-order chi connectivity index (χ0) is 23.8. The molecule has 0 fully saturated rings. The number of fused-ring (bicyclic) bond motifs is 1. The smallest absolute Gasteiger partial charge is 0.326 e. The summed E-state index contributed by atoms with van der Waals surface area (Å²) in [6.07, 6.45) is 0.532. The third-order valence-electron chi connectivity index (χ3n) is 5.03. The quantitative estimate of drug-likeness (QED) is 0.543. The molecular weight excluding hydrogens is 414 g/mol. The fourth-order valence-corrected chi connectivity index (χ4v) is 3.59. The number of carbonyl (C=O) groups excluding carboxylic acids is 3. The van der Waals surface area contributed by atoms with Gasteiger partial charge in [-0.3, -0.25) is 14.4 Å². The summed E-state index contributed by atoms with van der Waals surface area (Å²) >= 11 is 0. The lowest BCUT2D eigenvalue weighted by Crippen LogP contribution is -2.53. The first kappa shape index (κ1) is 25.2. The molecule has 1 aromatic rings. The number of benzene rings is 1. The molecule has 4 N–H and O–H groups in total. The minimum Gasteiger partial charge on any atom is -0.491 e. The minimum atomic E-state index is -1.45. The standard InChI is InChI=1S/C23H33N3O6/c1-13(2)9-15-12-32-19-8-6-5-7-16(19)21(28)26-18(23(30)31)11-20(27)25-17(10-14(3)4)22(29)24-15/h5-8,13-15,17-18H,9-12H2,1-4H3,(H,24,29)(H,25,27)(H,26,28)(H,30,31)/t15-,17-,18+/m1/s1. The van der Waals surface area contributed by atoms with E-state index in [0.29, 0.717) is 12.8 Å². The van der Waals surface area contributed by atoms with Crippen molar-refractivity contribution in [2.75, 3.05) is 6.61 Å². The van der Waals surface area contributed by atoms with Gasteiger partial charge in [-0.15, -0.1) is 0 Å². The Balaban J connectivity index is 2.40. The zero-order valence-electron chi connectivity index (χ0n) is 19.0. The maximum absolute atomic E-state index is 13.0. The van der Waals surface area contributed by atoms with Gasteiger partial charge in [0.1, 0.15) is 24.4 Å². The molecule has 2 rings (SSSR count). The number of carboxylic acids is 1. The second kappa shape index (κ2) is 11.5. The van der Waals surface area contributed by atoms with Gasteiger partial charge >= 0.3 is 5.97 Å². The van der Waals surface area contributed by atoms with Gasteiger partial charge in [0.25, 0.3) is 5.91 Å². The fraction of sp³-hybridized carbons (Fsp3) is 0.565. The normalized spacial score (nSPS) is 22.8. The van der Waals surface area contributed by atoms with Crippen LogP contribution in [0.25, 0.3) is 0 Å². The van der Waals surface area contributed by atoms with E-state index >= 15 is 0 Å². The van der Waals surface area contributed by atoms with E-state index in [1.807, 2.05) is 27.7 Å². The maximum Gasteiger partial charge on any atom is 0.326 e. The molecule has 0 saturated carbocycles. The monoisotopic (exact) mass is 447 g/mol. The molecule has 1 heterocycles. The summed E-state index contributed by atoms with van der Waals surface area (Å²) in [6, 6.07) is 3.86. The summed E-state index contributed by atoms with van der Waals surface area (Å²) in [7, 11) is 0. The Hall–Kier alpha value is -3.10. The van der Waals surface area contributed by atoms with Gasteiger partial charge in [-0.25, -0.2) is 4.79 Å². The number of ether oxygens (including phenoxy) is 1. The van der Waals surface area contributed by atoms with Crippen LogP contribution in [-0.4, -0.2) is 53.5 Å². The molecule has 1 aliphatic heterocycles. The molecule has 0 unspecified atom stereocenters. The van der Waals surface area contributed by atoms with Crippen LogP contribution in [0.15, 0.2) is 24.3 Å². The van der Waals surface area contributed by atoms with Crippen LogP contribution in [-0.2, 0) is 14.4 Å². The van der Waals surface area contributed by atoms with Crippen LogP contribution in [0.2, 0.25) is 0 Å². The van der Waals surface area contributed by atoms with Gasteiger partial charge in [0.05, 0.1) is 18.0 Å². The number of hydrogen-bond acceptors (Lipinski definition) is 5. The van der Waals surface area contributed by atoms with Crippen molar-refractivity contribution < 1.29 is 29.0 Å². The Morgan fingerprint density at radius 2 is 1.69 bits per heavy atom. The Morgan fingerprint density at radius 1 is 1.03 bits per heavy atom. The molecule has 32 heavy (non-hydrogen) atoms. The molecule has 3 amide bonds. The van der Waals surface area contributed by atoms with Gasteiger partial charge in [0.2, 0.25) is 11.8 Å². The van der Waals surface area contributed by atoms with E-state index in [4.69, 9.17) is 4.74 Å². The van der Waals surface area contributed by atoms with Crippen molar-refractivity contribution >= 4 is 23.7 Å². The van der Waals surface area contributed by atoms with Crippen LogP contribution in [0.4, 0.5) is 0 Å². The predicted molar refractivity (Wildman–Crippen MR) is 118 cm³/mol. The molecule has 3 atom stereocenters. The number of carboxylic acid groups (broad SMARTS) is 1. The molecule has 0 saturated heterocycles. The molecule has 9 heteroatoms. The molecule has 0 aromatic heterocycles. The summed E-state index contributed by atoms with van der Waals surface area (Å²) in [5, 5.41) is 17.5. The van der Waals surface area contributed by atoms with E-state index in [9.17, 15) is 24.3 Å². The SMILES string of the molecule is CC(C)C[C@@H]1COc2ccccc2C(=O)N[C@H](C(=O)O)CC(=O)N[C@H](CC(C)C)C(=O)N1. The Morgan fingerprint density at radius 3 is 2.31 bits per heavy atom. The Bertz CT molecular complexity index is 839. The number of para-hydroxylation sites is 1. The third kappa shape index (κ3) is 7.55. The number of carbonyl (C=O) groups is 4. The average Bonchev–Trinajstić information content (AvgIpc) is 2.69. The fourth-order valence-electron chi connectivity index (χ4n) is 3.59. The molecule has 0 spiro atoms. The third-order valence-corrected chi connectivity index (χ3v) is 5.03.